The van der Waals surface area contributed by atoms with Gasteiger partial charge in [-0.2, -0.15) is 4.31 Å². The van der Waals surface area contributed by atoms with Gasteiger partial charge in [-0.15, -0.1) is 11.3 Å². The first-order valence-corrected chi connectivity index (χ1v) is 11.9. The van der Waals surface area contributed by atoms with Crippen LogP contribution in [0.5, 0.6) is 0 Å². The molecule has 0 radical (unpaired) electrons. The van der Waals surface area contributed by atoms with Gasteiger partial charge in [-0.3, -0.25) is 4.79 Å². The van der Waals surface area contributed by atoms with Gasteiger partial charge in [0.2, 0.25) is 10.0 Å². The summed E-state index contributed by atoms with van der Waals surface area (Å²) in [7, 11) is -3.50. The monoisotopic (exact) mass is 423 g/mol. The molecule has 1 N–H and O–H groups in total. The van der Waals surface area contributed by atoms with Gasteiger partial charge in [-0.1, -0.05) is 58.0 Å². The normalized spacial score (nSPS) is 12.1. The number of nitrogens with zero attached hydrogens (tertiary/aromatic N) is 2. The fourth-order valence-electron chi connectivity index (χ4n) is 2.59. The van der Waals surface area contributed by atoms with Crippen LogP contribution in [0.3, 0.4) is 0 Å². The molecule has 0 aliphatic carbocycles. The Morgan fingerprint density at radius 3 is 2.43 bits per heavy atom. The molecule has 2 aromatic rings. The van der Waals surface area contributed by atoms with Crippen LogP contribution >= 0.6 is 11.3 Å². The lowest BCUT2D eigenvalue weighted by atomic mass is 10.2. The highest BCUT2D eigenvalue weighted by atomic mass is 32.2. The molecule has 0 saturated carbocycles. The van der Waals surface area contributed by atoms with Gasteiger partial charge in [0.15, 0.2) is 0 Å². The molecule has 0 atom stereocenters. The number of hydrogen-bond acceptors (Lipinski definition) is 5. The van der Waals surface area contributed by atoms with E-state index in [1.165, 1.54) is 15.6 Å². The van der Waals surface area contributed by atoms with E-state index >= 15 is 0 Å². The van der Waals surface area contributed by atoms with Crippen molar-refractivity contribution in [1.29, 1.82) is 0 Å². The van der Waals surface area contributed by atoms with Gasteiger partial charge < -0.3 is 5.32 Å². The second-order valence-corrected chi connectivity index (χ2v) is 10.6. The molecule has 2 rings (SSSR count). The van der Waals surface area contributed by atoms with E-state index in [0.717, 1.165) is 5.56 Å². The van der Waals surface area contributed by atoms with Crippen molar-refractivity contribution in [2.45, 2.75) is 40.0 Å². The SMILES string of the molecule is CC(C)CNC(=O)c1csc(CN(CC(C)C)S(=O)(=O)Cc2ccccc2)n1. The summed E-state index contributed by atoms with van der Waals surface area (Å²) in [6, 6.07) is 9.15. The highest BCUT2D eigenvalue weighted by Gasteiger charge is 2.25. The zero-order valence-electron chi connectivity index (χ0n) is 16.9. The van der Waals surface area contributed by atoms with Crippen LogP contribution in [0.25, 0.3) is 0 Å². The van der Waals surface area contributed by atoms with Crippen LogP contribution < -0.4 is 5.32 Å². The lowest BCUT2D eigenvalue weighted by molar-refractivity contribution is 0.0944. The molecule has 0 spiro atoms. The third-order valence-electron chi connectivity index (χ3n) is 3.92. The van der Waals surface area contributed by atoms with Crippen LogP contribution in [0, 0.1) is 11.8 Å². The number of aromatic nitrogens is 1. The Morgan fingerprint density at radius 1 is 1.14 bits per heavy atom. The van der Waals surface area contributed by atoms with Crippen molar-refractivity contribution in [2.24, 2.45) is 11.8 Å². The second kappa shape index (κ2) is 10.1. The maximum absolute atomic E-state index is 13.0. The third kappa shape index (κ3) is 7.00. The average molecular weight is 424 g/mol. The second-order valence-electron chi connectivity index (χ2n) is 7.66. The molecule has 0 aliphatic rings. The number of hydrogen-bond donors (Lipinski definition) is 1. The van der Waals surface area contributed by atoms with E-state index in [1.54, 1.807) is 5.38 Å². The molecule has 1 aromatic heterocycles. The van der Waals surface area contributed by atoms with E-state index in [2.05, 4.69) is 10.3 Å². The molecular weight excluding hydrogens is 394 g/mol. The Labute approximate surface area is 172 Å². The number of carbonyl (C=O) groups is 1. The van der Waals surface area contributed by atoms with Crippen LogP contribution in [-0.4, -0.2) is 36.7 Å². The van der Waals surface area contributed by atoms with Crippen LogP contribution in [0.2, 0.25) is 0 Å². The van der Waals surface area contributed by atoms with E-state index in [9.17, 15) is 13.2 Å². The maximum atomic E-state index is 13.0. The number of carbonyl (C=O) groups excluding carboxylic acids is 1. The Hall–Kier alpha value is -1.77. The van der Waals surface area contributed by atoms with E-state index in [-0.39, 0.29) is 24.1 Å². The van der Waals surface area contributed by atoms with Gasteiger partial charge in [0.05, 0.1) is 12.3 Å². The molecule has 28 heavy (non-hydrogen) atoms. The molecule has 1 heterocycles. The van der Waals surface area contributed by atoms with Crippen molar-refractivity contribution < 1.29 is 13.2 Å². The van der Waals surface area contributed by atoms with Crippen molar-refractivity contribution in [1.82, 2.24) is 14.6 Å². The molecule has 1 amide bonds. The van der Waals surface area contributed by atoms with Gasteiger partial charge in [0.1, 0.15) is 10.7 Å². The largest absolute Gasteiger partial charge is 0.350 e. The summed E-state index contributed by atoms with van der Waals surface area (Å²) in [5.41, 5.74) is 1.09. The first-order chi connectivity index (χ1) is 13.2. The summed E-state index contributed by atoms with van der Waals surface area (Å²) in [4.78, 5) is 16.5. The minimum atomic E-state index is -3.50. The molecule has 1 aromatic carbocycles. The quantitative estimate of drug-likeness (QED) is 0.634. The van der Waals surface area contributed by atoms with Gasteiger partial charge in [-0.25, -0.2) is 13.4 Å². The Morgan fingerprint density at radius 2 is 1.82 bits per heavy atom. The third-order valence-corrected chi connectivity index (χ3v) is 6.52. The molecule has 0 aliphatic heterocycles. The van der Waals surface area contributed by atoms with Crippen LogP contribution in [-0.2, 0) is 22.3 Å². The van der Waals surface area contributed by atoms with Gasteiger partial charge in [0.25, 0.3) is 5.91 Å². The zero-order chi connectivity index (χ0) is 20.7. The predicted octanol–water partition coefficient (Wildman–Crippen LogP) is 3.52. The summed E-state index contributed by atoms with van der Waals surface area (Å²) < 4.78 is 27.4. The molecular formula is C20H29N3O3S2. The molecule has 0 bridgehead atoms. The minimum Gasteiger partial charge on any atom is -0.350 e. The topological polar surface area (TPSA) is 79.4 Å². The molecule has 0 fully saturated rings. The fraction of sp³-hybridized carbons (Fsp3) is 0.500. The standard InChI is InChI=1S/C20H29N3O3S2/c1-15(2)10-21-20(24)18-13-27-19(22-18)12-23(11-16(3)4)28(25,26)14-17-8-6-5-7-9-17/h5-9,13,15-16H,10-12,14H2,1-4H3,(H,21,24). The van der Waals surface area contributed by atoms with Crippen molar-refractivity contribution in [2.75, 3.05) is 13.1 Å². The summed E-state index contributed by atoms with van der Waals surface area (Å²) in [5.74, 6) is 0.262. The molecule has 154 valence electrons. The van der Waals surface area contributed by atoms with Crippen molar-refractivity contribution in [3.05, 3.63) is 52.0 Å². The number of sulfonamides is 1. The molecule has 6 nitrogen and oxygen atoms in total. The van der Waals surface area contributed by atoms with Gasteiger partial charge in [0, 0.05) is 18.5 Å². The number of thiazole rings is 1. The van der Waals surface area contributed by atoms with E-state index in [0.29, 0.717) is 29.7 Å². The van der Waals surface area contributed by atoms with E-state index in [4.69, 9.17) is 0 Å². The highest BCUT2D eigenvalue weighted by molar-refractivity contribution is 7.88. The van der Waals surface area contributed by atoms with Crippen LogP contribution in [0.1, 0.15) is 48.8 Å². The maximum Gasteiger partial charge on any atom is 0.270 e. The van der Waals surface area contributed by atoms with E-state index < -0.39 is 10.0 Å². The fourth-order valence-corrected chi connectivity index (χ4v) is 5.10. The first-order valence-electron chi connectivity index (χ1n) is 9.41. The Bertz CT molecular complexity index is 862. The summed E-state index contributed by atoms with van der Waals surface area (Å²) in [6.45, 7) is 9.17. The Balaban J connectivity index is 2.13. The highest BCUT2D eigenvalue weighted by Crippen LogP contribution is 2.19. The van der Waals surface area contributed by atoms with Crippen molar-refractivity contribution >= 4 is 27.3 Å². The molecule has 0 unspecified atom stereocenters. The number of amides is 1. The van der Waals surface area contributed by atoms with Crippen LogP contribution in [0.4, 0.5) is 0 Å². The Kier molecular flexibility index (Phi) is 8.15. The van der Waals surface area contributed by atoms with Crippen molar-refractivity contribution in [3.63, 3.8) is 0 Å². The van der Waals surface area contributed by atoms with Crippen molar-refractivity contribution in [3.8, 4) is 0 Å². The van der Waals surface area contributed by atoms with Gasteiger partial charge in [-0.05, 0) is 17.4 Å². The molecule has 8 heteroatoms. The summed E-state index contributed by atoms with van der Waals surface area (Å²) in [6.07, 6.45) is 0. The van der Waals surface area contributed by atoms with E-state index in [1.807, 2.05) is 58.0 Å². The lowest BCUT2D eigenvalue weighted by Crippen LogP contribution is -2.34. The molecule has 0 saturated heterocycles. The lowest BCUT2D eigenvalue weighted by Gasteiger charge is -2.23. The number of nitrogens with one attached hydrogen (secondary N) is 1. The number of rotatable bonds is 10. The first kappa shape index (κ1) is 22.5. The number of benzene rings is 1. The zero-order valence-corrected chi connectivity index (χ0v) is 18.5. The van der Waals surface area contributed by atoms with Crippen LogP contribution in [0.15, 0.2) is 35.7 Å². The predicted molar refractivity (Wildman–Crippen MR) is 114 cm³/mol. The summed E-state index contributed by atoms with van der Waals surface area (Å²) >= 11 is 1.31. The smallest absolute Gasteiger partial charge is 0.270 e. The summed E-state index contributed by atoms with van der Waals surface area (Å²) in [5, 5.41) is 5.13. The van der Waals surface area contributed by atoms with Gasteiger partial charge >= 0.3 is 0 Å². The minimum absolute atomic E-state index is 0.0479. The average Bonchev–Trinajstić information content (AvgIpc) is 3.08.